The van der Waals surface area contributed by atoms with Crippen LogP contribution in [0.4, 0.5) is 0 Å². The summed E-state index contributed by atoms with van der Waals surface area (Å²) in [6.07, 6.45) is 6.53. The molecule has 2 aliphatic rings. The molecule has 0 unspecified atom stereocenters. The van der Waals surface area contributed by atoms with Crippen molar-refractivity contribution in [1.82, 2.24) is 14.5 Å². The molecule has 7 heteroatoms. The number of benzene rings is 1. The third kappa shape index (κ3) is 4.67. The fourth-order valence-corrected chi connectivity index (χ4v) is 5.15. The number of ether oxygens (including phenoxy) is 1. The number of amides is 1. The summed E-state index contributed by atoms with van der Waals surface area (Å²) in [4.78, 5) is 33.0. The second-order valence-corrected chi connectivity index (χ2v) is 9.27. The van der Waals surface area contributed by atoms with Crippen molar-refractivity contribution in [1.29, 1.82) is 0 Å². The van der Waals surface area contributed by atoms with Gasteiger partial charge in [0.25, 0.3) is 5.56 Å². The first-order chi connectivity index (χ1) is 14.1. The molecule has 2 fully saturated rings. The summed E-state index contributed by atoms with van der Waals surface area (Å²) in [6.45, 7) is 4.82. The van der Waals surface area contributed by atoms with Gasteiger partial charge in [0.05, 0.1) is 28.8 Å². The second kappa shape index (κ2) is 9.30. The zero-order valence-electron chi connectivity index (χ0n) is 17.0. The number of hydrogen-bond donors (Lipinski definition) is 0. The van der Waals surface area contributed by atoms with Gasteiger partial charge in [0.15, 0.2) is 5.16 Å². The Morgan fingerprint density at radius 3 is 2.69 bits per heavy atom. The Hall–Kier alpha value is -1.86. The van der Waals surface area contributed by atoms with Crippen molar-refractivity contribution in [3.63, 3.8) is 0 Å². The molecule has 3 heterocycles. The predicted octanol–water partition coefficient (Wildman–Crippen LogP) is 3.46. The van der Waals surface area contributed by atoms with Crippen LogP contribution in [0.5, 0.6) is 0 Å². The van der Waals surface area contributed by atoms with Crippen LogP contribution in [0.25, 0.3) is 10.9 Å². The third-order valence-corrected chi connectivity index (χ3v) is 6.86. The van der Waals surface area contributed by atoms with Crippen LogP contribution in [0, 0.1) is 0 Å². The Balaban J connectivity index is 1.62. The highest BCUT2D eigenvalue weighted by molar-refractivity contribution is 8.00. The lowest BCUT2D eigenvalue weighted by molar-refractivity contribution is -0.130. The minimum atomic E-state index is -0.281. The molecular weight excluding hydrogens is 386 g/mol. The molecule has 1 aromatic heterocycles. The van der Waals surface area contributed by atoms with Crippen LogP contribution in [0.15, 0.2) is 34.2 Å². The molecule has 4 rings (SSSR count). The van der Waals surface area contributed by atoms with Gasteiger partial charge in [0, 0.05) is 19.7 Å². The van der Waals surface area contributed by atoms with Crippen LogP contribution >= 0.6 is 11.8 Å². The average Bonchev–Trinajstić information content (AvgIpc) is 3.09. The Bertz CT molecular complexity index is 915. The number of likely N-dealkylation sites (tertiary alicyclic amines) is 1. The monoisotopic (exact) mass is 415 g/mol. The van der Waals surface area contributed by atoms with E-state index >= 15 is 0 Å². The first-order valence-electron chi connectivity index (χ1n) is 10.7. The second-order valence-electron chi connectivity index (χ2n) is 7.96. The molecule has 0 aliphatic carbocycles. The summed E-state index contributed by atoms with van der Waals surface area (Å²) in [7, 11) is 0. The first kappa shape index (κ1) is 20.4. The van der Waals surface area contributed by atoms with Crippen molar-refractivity contribution in [3.8, 4) is 0 Å². The normalized spacial score (nSPS) is 21.3. The lowest BCUT2D eigenvalue weighted by atomic mass is 10.2. The van der Waals surface area contributed by atoms with E-state index in [1.54, 1.807) is 4.57 Å². The van der Waals surface area contributed by atoms with Gasteiger partial charge in [-0.2, -0.15) is 0 Å². The van der Waals surface area contributed by atoms with Gasteiger partial charge in [-0.3, -0.25) is 14.2 Å². The minimum absolute atomic E-state index is 0.0339. The Kier molecular flexibility index (Phi) is 6.55. The Labute approximate surface area is 175 Å². The number of hydrogen-bond acceptors (Lipinski definition) is 5. The number of rotatable bonds is 5. The molecule has 0 saturated carbocycles. The number of para-hydroxylation sites is 1. The molecule has 0 spiro atoms. The van der Waals surface area contributed by atoms with Gasteiger partial charge in [-0.25, -0.2) is 4.98 Å². The van der Waals surface area contributed by atoms with Crippen molar-refractivity contribution in [3.05, 3.63) is 34.6 Å². The van der Waals surface area contributed by atoms with Crippen molar-refractivity contribution in [2.75, 3.05) is 19.7 Å². The first-order valence-corrected chi connectivity index (χ1v) is 11.6. The maximum Gasteiger partial charge on any atom is 0.262 e. The van der Waals surface area contributed by atoms with Crippen molar-refractivity contribution in [2.45, 2.75) is 68.5 Å². The fraction of sp³-hybridized carbons (Fsp3) is 0.591. The van der Waals surface area contributed by atoms with Crippen LogP contribution in [0.1, 0.15) is 45.4 Å². The quantitative estimate of drug-likeness (QED) is 0.553. The lowest BCUT2D eigenvalue weighted by Gasteiger charge is -2.24. The number of nitrogens with zero attached hydrogens (tertiary/aromatic N) is 3. The van der Waals surface area contributed by atoms with Crippen molar-refractivity contribution < 1.29 is 9.53 Å². The van der Waals surface area contributed by atoms with E-state index < -0.39 is 0 Å². The number of carbonyl (C=O) groups excluding carboxylic acids is 1. The van der Waals surface area contributed by atoms with Gasteiger partial charge >= 0.3 is 0 Å². The molecule has 0 radical (unpaired) electrons. The average molecular weight is 416 g/mol. The SMILES string of the molecule is C[C@@H](Sc1nc2ccccc2c(=O)n1C[C@H]1CCCO1)C(=O)N1CCCCCC1. The van der Waals surface area contributed by atoms with Crippen molar-refractivity contribution in [2.24, 2.45) is 0 Å². The van der Waals surface area contributed by atoms with E-state index in [9.17, 15) is 9.59 Å². The molecule has 29 heavy (non-hydrogen) atoms. The standard InChI is InChI=1S/C22H29N3O3S/c1-16(20(26)24-12-6-2-3-7-13-24)29-22-23-19-11-5-4-10-18(19)21(27)25(22)15-17-9-8-14-28-17/h4-5,10-11,16-17H,2-3,6-9,12-15H2,1H3/t16-,17-/m1/s1. The fourth-order valence-electron chi connectivity index (χ4n) is 4.15. The van der Waals surface area contributed by atoms with Crippen molar-refractivity contribution >= 4 is 28.6 Å². The summed E-state index contributed by atoms with van der Waals surface area (Å²) in [5.41, 5.74) is 0.626. The van der Waals surface area contributed by atoms with Crippen LogP contribution in [0.2, 0.25) is 0 Å². The van der Waals surface area contributed by atoms with Gasteiger partial charge in [-0.1, -0.05) is 36.7 Å². The molecule has 1 aromatic carbocycles. The number of carbonyl (C=O) groups is 1. The molecular formula is C22H29N3O3S. The van der Waals surface area contributed by atoms with E-state index in [2.05, 4.69) is 0 Å². The van der Waals surface area contributed by atoms with Gasteiger partial charge in [0.1, 0.15) is 0 Å². The highest BCUT2D eigenvalue weighted by atomic mass is 32.2. The van der Waals surface area contributed by atoms with Crippen LogP contribution in [-0.2, 0) is 16.1 Å². The molecule has 2 atom stereocenters. The Morgan fingerprint density at radius 1 is 1.21 bits per heavy atom. The van der Waals surface area contributed by atoms with Gasteiger partial charge in [-0.15, -0.1) is 0 Å². The van der Waals surface area contributed by atoms with Crippen LogP contribution < -0.4 is 5.56 Å². The maximum absolute atomic E-state index is 13.2. The molecule has 0 bridgehead atoms. The summed E-state index contributed by atoms with van der Waals surface area (Å²) in [5.74, 6) is 0.142. The molecule has 2 aromatic rings. The van der Waals surface area contributed by atoms with E-state index in [4.69, 9.17) is 9.72 Å². The van der Waals surface area contributed by atoms with E-state index in [1.165, 1.54) is 24.6 Å². The minimum Gasteiger partial charge on any atom is -0.376 e. The largest absolute Gasteiger partial charge is 0.376 e. The molecule has 156 valence electrons. The maximum atomic E-state index is 13.2. The van der Waals surface area contributed by atoms with Crippen LogP contribution in [-0.4, -0.2) is 51.4 Å². The molecule has 0 N–H and O–H groups in total. The van der Waals surface area contributed by atoms with Gasteiger partial charge in [-0.05, 0) is 44.7 Å². The van der Waals surface area contributed by atoms with E-state index in [0.717, 1.165) is 45.4 Å². The lowest BCUT2D eigenvalue weighted by Crippen LogP contribution is -2.37. The van der Waals surface area contributed by atoms with Gasteiger partial charge in [0.2, 0.25) is 5.91 Å². The van der Waals surface area contributed by atoms with Crippen LogP contribution in [0.3, 0.4) is 0 Å². The van der Waals surface area contributed by atoms with E-state index in [0.29, 0.717) is 22.6 Å². The number of fused-ring (bicyclic) bond motifs is 1. The zero-order valence-corrected chi connectivity index (χ0v) is 17.8. The van der Waals surface area contributed by atoms with E-state index in [1.807, 2.05) is 36.1 Å². The summed E-state index contributed by atoms with van der Waals surface area (Å²) in [6, 6.07) is 7.43. The molecule has 6 nitrogen and oxygen atoms in total. The topological polar surface area (TPSA) is 64.4 Å². The smallest absolute Gasteiger partial charge is 0.262 e. The summed E-state index contributed by atoms with van der Waals surface area (Å²) >= 11 is 1.40. The summed E-state index contributed by atoms with van der Waals surface area (Å²) < 4.78 is 7.49. The number of thioether (sulfide) groups is 1. The zero-order chi connectivity index (χ0) is 20.2. The molecule has 1 amide bonds. The third-order valence-electron chi connectivity index (χ3n) is 5.78. The predicted molar refractivity (Wildman–Crippen MR) is 115 cm³/mol. The Morgan fingerprint density at radius 2 is 1.97 bits per heavy atom. The van der Waals surface area contributed by atoms with E-state index in [-0.39, 0.29) is 22.8 Å². The highest BCUT2D eigenvalue weighted by Crippen LogP contribution is 2.26. The summed E-state index contributed by atoms with van der Waals surface area (Å²) in [5, 5.41) is 0.943. The molecule has 2 saturated heterocycles. The van der Waals surface area contributed by atoms with Gasteiger partial charge < -0.3 is 9.64 Å². The number of aromatic nitrogens is 2. The highest BCUT2D eigenvalue weighted by Gasteiger charge is 2.26. The molecule has 2 aliphatic heterocycles.